The molecule has 1 aromatic rings. The van der Waals surface area contributed by atoms with Crippen LogP contribution in [0.1, 0.15) is 36.1 Å². The number of halogens is 3. The van der Waals surface area contributed by atoms with Gasteiger partial charge in [0.05, 0.1) is 11.4 Å². The molecule has 0 unspecified atom stereocenters. The van der Waals surface area contributed by atoms with Gasteiger partial charge in [0.1, 0.15) is 5.82 Å². The predicted molar refractivity (Wildman–Crippen MR) is 68.9 cm³/mol. The zero-order chi connectivity index (χ0) is 13.9. The van der Waals surface area contributed by atoms with Crippen molar-refractivity contribution in [1.29, 1.82) is 0 Å². The fourth-order valence-electron chi connectivity index (χ4n) is 2.02. The Bertz CT molecular complexity index is 449. The summed E-state index contributed by atoms with van der Waals surface area (Å²) < 4.78 is 39.1. The van der Waals surface area contributed by atoms with Crippen molar-refractivity contribution in [3.05, 3.63) is 22.8 Å². The molecule has 106 valence electrons. The van der Waals surface area contributed by atoms with E-state index in [4.69, 9.17) is 0 Å². The lowest BCUT2D eigenvalue weighted by Gasteiger charge is -2.21. The van der Waals surface area contributed by atoms with E-state index < -0.39 is 11.9 Å². The van der Waals surface area contributed by atoms with Crippen LogP contribution in [0, 0.1) is 0 Å². The van der Waals surface area contributed by atoms with Crippen LogP contribution in [0.3, 0.4) is 0 Å². The minimum Gasteiger partial charge on any atom is -0.311 e. The van der Waals surface area contributed by atoms with Crippen LogP contribution in [0.2, 0.25) is 0 Å². The van der Waals surface area contributed by atoms with Crippen LogP contribution in [0.4, 0.5) is 13.2 Å². The fourth-order valence-corrected chi connectivity index (χ4v) is 2.76. The van der Waals surface area contributed by atoms with E-state index in [0.717, 1.165) is 12.2 Å². The average molecular weight is 291 g/mol. The van der Waals surface area contributed by atoms with Crippen LogP contribution in [-0.2, 0) is 24.9 Å². The van der Waals surface area contributed by atoms with Crippen molar-refractivity contribution < 1.29 is 13.2 Å². The molecule has 1 aliphatic rings. The Balaban J connectivity index is 2.31. The summed E-state index contributed by atoms with van der Waals surface area (Å²) in [5, 5.41) is 3.05. The predicted octanol–water partition coefficient (Wildman–Crippen LogP) is 2.78. The van der Waals surface area contributed by atoms with Crippen LogP contribution >= 0.6 is 11.8 Å². The highest BCUT2D eigenvalue weighted by atomic mass is 32.2. The van der Waals surface area contributed by atoms with Crippen molar-refractivity contribution in [3.63, 3.8) is 0 Å². The minimum absolute atomic E-state index is 0.260. The van der Waals surface area contributed by atoms with Crippen LogP contribution in [0.25, 0.3) is 0 Å². The lowest BCUT2D eigenvalue weighted by atomic mass is 10.0. The van der Waals surface area contributed by atoms with Crippen molar-refractivity contribution in [1.82, 2.24) is 15.3 Å². The van der Waals surface area contributed by atoms with E-state index in [1.807, 2.05) is 6.92 Å². The molecule has 0 saturated carbocycles. The highest BCUT2D eigenvalue weighted by molar-refractivity contribution is 7.98. The third-order valence-corrected chi connectivity index (χ3v) is 3.99. The molecular formula is C12H16F3N3S. The number of hydrogen-bond acceptors (Lipinski definition) is 4. The van der Waals surface area contributed by atoms with Gasteiger partial charge in [0.2, 0.25) is 0 Å². The maximum absolute atomic E-state index is 13.0. The van der Waals surface area contributed by atoms with Crippen LogP contribution in [-0.4, -0.2) is 22.3 Å². The first kappa shape index (κ1) is 14.6. The number of thioether (sulfide) groups is 1. The van der Waals surface area contributed by atoms with Gasteiger partial charge < -0.3 is 5.32 Å². The highest BCUT2D eigenvalue weighted by Gasteiger charge is 2.37. The van der Waals surface area contributed by atoms with Gasteiger partial charge in [0.25, 0.3) is 0 Å². The quantitative estimate of drug-likeness (QED) is 0.866. The Morgan fingerprint density at radius 3 is 2.79 bits per heavy atom. The summed E-state index contributed by atoms with van der Waals surface area (Å²) in [6.45, 7) is 2.97. The fraction of sp³-hybridized carbons (Fsp3) is 0.667. The largest absolute Gasteiger partial charge is 0.433 e. The molecule has 2 rings (SSSR count). The van der Waals surface area contributed by atoms with Crippen LogP contribution in [0.5, 0.6) is 0 Å². The maximum Gasteiger partial charge on any atom is 0.433 e. The summed E-state index contributed by atoms with van der Waals surface area (Å²) >= 11 is 1.56. The lowest BCUT2D eigenvalue weighted by Crippen LogP contribution is -2.29. The van der Waals surface area contributed by atoms with E-state index in [9.17, 15) is 13.2 Å². The molecule has 0 aliphatic carbocycles. The van der Waals surface area contributed by atoms with E-state index in [0.29, 0.717) is 31.0 Å². The van der Waals surface area contributed by atoms with Gasteiger partial charge in [-0.1, -0.05) is 6.92 Å². The zero-order valence-electron chi connectivity index (χ0n) is 10.7. The van der Waals surface area contributed by atoms with Gasteiger partial charge in [-0.15, -0.1) is 0 Å². The monoisotopic (exact) mass is 291 g/mol. The summed E-state index contributed by atoms with van der Waals surface area (Å²) in [6, 6.07) is 0. The summed E-state index contributed by atoms with van der Waals surface area (Å²) in [5.74, 6) is 1.62. The molecule has 0 saturated heterocycles. The zero-order valence-corrected chi connectivity index (χ0v) is 11.5. The summed E-state index contributed by atoms with van der Waals surface area (Å²) in [6.07, 6.45) is -3.07. The molecule has 1 N–H and O–H groups in total. The number of fused-ring (bicyclic) bond motifs is 1. The molecular weight excluding hydrogens is 275 g/mol. The van der Waals surface area contributed by atoms with E-state index >= 15 is 0 Å². The van der Waals surface area contributed by atoms with Gasteiger partial charge in [-0.05, 0) is 25.1 Å². The Morgan fingerprint density at radius 1 is 1.32 bits per heavy atom. The molecule has 19 heavy (non-hydrogen) atoms. The molecule has 0 aromatic carbocycles. The smallest absolute Gasteiger partial charge is 0.311 e. The van der Waals surface area contributed by atoms with E-state index in [1.54, 1.807) is 11.8 Å². The van der Waals surface area contributed by atoms with Gasteiger partial charge in [0, 0.05) is 12.1 Å². The molecule has 0 radical (unpaired) electrons. The standard InChI is InChI=1S/C12H16F3N3S/c1-2-5-19-7-10-17-9-6-16-4-3-8(9)11(18-10)12(13,14)15/h16H,2-7H2,1H3. The van der Waals surface area contributed by atoms with Crippen molar-refractivity contribution in [2.75, 3.05) is 12.3 Å². The molecule has 0 fully saturated rings. The SMILES string of the molecule is CCCSCc1nc2c(c(C(F)(F)F)n1)CCNC2. The van der Waals surface area contributed by atoms with E-state index in [2.05, 4.69) is 15.3 Å². The molecule has 2 heterocycles. The molecule has 0 amide bonds. The number of rotatable bonds is 4. The number of nitrogens with zero attached hydrogens (tertiary/aromatic N) is 2. The highest BCUT2D eigenvalue weighted by Crippen LogP contribution is 2.33. The molecule has 3 nitrogen and oxygen atoms in total. The van der Waals surface area contributed by atoms with Crippen molar-refractivity contribution >= 4 is 11.8 Å². The Labute approximate surface area is 114 Å². The lowest BCUT2D eigenvalue weighted by molar-refractivity contribution is -0.142. The van der Waals surface area contributed by atoms with Gasteiger partial charge in [-0.3, -0.25) is 0 Å². The molecule has 7 heteroatoms. The van der Waals surface area contributed by atoms with Gasteiger partial charge >= 0.3 is 6.18 Å². The first-order valence-electron chi connectivity index (χ1n) is 6.26. The van der Waals surface area contributed by atoms with Crippen LogP contribution < -0.4 is 5.32 Å². The Kier molecular flexibility index (Phi) is 4.67. The number of aromatic nitrogens is 2. The van der Waals surface area contributed by atoms with E-state index in [1.165, 1.54) is 0 Å². The number of alkyl halides is 3. The number of hydrogen-bond donors (Lipinski definition) is 1. The molecule has 1 aliphatic heterocycles. The molecule has 0 bridgehead atoms. The Morgan fingerprint density at radius 2 is 2.11 bits per heavy atom. The normalized spacial score (nSPS) is 15.4. The van der Waals surface area contributed by atoms with Gasteiger partial charge in [-0.2, -0.15) is 24.9 Å². The maximum atomic E-state index is 13.0. The van der Waals surface area contributed by atoms with Gasteiger partial charge in [0.15, 0.2) is 5.69 Å². The Hall–Kier alpha value is -0.820. The van der Waals surface area contributed by atoms with Crippen molar-refractivity contribution in [2.45, 2.75) is 38.2 Å². The first-order valence-corrected chi connectivity index (χ1v) is 7.42. The first-order chi connectivity index (χ1) is 9.02. The molecule has 0 atom stereocenters. The summed E-state index contributed by atoms with van der Waals surface area (Å²) in [7, 11) is 0. The third kappa shape index (κ3) is 3.60. The third-order valence-electron chi connectivity index (χ3n) is 2.83. The van der Waals surface area contributed by atoms with Crippen molar-refractivity contribution in [3.8, 4) is 0 Å². The second-order valence-corrected chi connectivity index (χ2v) is 5.50. The van der Waals surface area contributed by atoms with Crippen molar-refractivity contribution in [2.24, 2.45) is 0 Å². The minimum atomic E-state index is -4.39. The van der Waals surface area contributed by atoms with Gasteiger partial charge in [-0.25, -0.2) is 9.97 Å². The summed E-state index contributed by atoms with van der Waals surface area (Å²) in [4.78, 5) is 8.01. The van der Waals surface area contributed by atoms with E-state index in [-0.39, 0.29) is 11.4 Å². The second-order valence-electron chi connectivity index (χ2n) is 4.39. The average Bonchev–Trinajstić information content (AvgIpc) is 2.37. The summed E-state index contributed by atoms with van der Waals surface area (Å²) in [5.41, 5.74) is 0.0160. The molecule has 1 aromatic heterocycles. The number of nitrogens with one attached hydrogen (secondary N) is 1. The van der Waals surface area contributed by atoms with Crippen LogP contribution in [0.15, 0.2) is 0 Å². The second kappa shape index (κ2) is 6.09. The topological polar surface area (TPSA) is 37.8 Å². The molecule has 0 spiro atoms.